The van der Waals surface area contributed by atoms with Crippen molar-refractivity contribution in [3.63, 3.8) is 0 Å². The van der Waals surface area contributed by atoms with Gasteiger partial charge in [0.1, 0.15) is 4.90 Å². The maximum atomic E-state index is 12.5. The first-order valence-electron chi connectivity index (χ1n) is 8.08. The zero-order valence-corrected chi connectivity index (χ0v) is 14.9. The molecule has 6 heteroatoms. The van der Waals surface area contributed by atoms with Gasteiger partial charge in [-0.05, 0) is 30.5 Å². The summed E-state index contributed by atoms with van der Waals surface area (Å²) in [6.45, 7) is 2.67. The van der Waals surface area contributed by atoms with Gasteiger partial charge in [0.25, 0.3) is 0 Å². The van der Waals surface area contributed by atoms with Crippen LogP contribution in [0, 0.1) is 0 Å². The van der Waals surface area contributed by atoms with E-state index in [1.807, 2.05) is 18.2 Å². The van der Waals surface area contributed by atoms with Gasteiger partial charge in [-0.2, -0.15) is 0 Å². The van der Waals surface area contributed by atoms with Crippen LogP contribution in [-0.4, -0.2) is 32.4 Å². The van der Waals surface area contributed by atoms with E-state index in [0.29, 0.717) is 0 Å². The lowest BCUT2D eigenvalue weighted by Crippen LogP contribution is -2.44. The number of sulfonamides is 1. The number of rotatable bonds is 5. The van der Waals surface area contributed by atoms with Gasteiger partial charge in [-0.25, -0.2) is 13.1 Å². The third-order valence-electron chi connectivity index (χ3n) is 4.28. The maximum absolute atomic E-state index is 12.5. The normalized spacial score (nSPS) is 17.0. The second-order valence-corrected chi connectivity index (χ2v) is 8.18. The van der Waals surface area contributed by atoms with Gasteiger partial charge in [-0.1, -0.05) is 54.1 Å². The summed E-state index contributed by atoms with van der Waals surface area (Å²) in [7, 11) is -3.57. The summed E-state index contributed by atoms with van der Waals surface area (Å²) in [4.78, 5) is 2.51. The fourth-order valence-electron chi connectivity index (χ4n) is 3.00. The molecule has 0 unspecified atom stereocenters. The molecule has 0 amide bonds. The monoisotopic (exact) mass is 364 g/mol. The molecule has 0 bridgehead atoms. The fraction of sp³-hybridized carbons (Fsp3) is 0.333. The lowest BCUT2D eigenvalue weighted by molar-refractivity contribution is 0.200. The molecule has 1 heterocycles. The van der Waals surface area contributed by atoms with Crippen LogP contribution >= 0.6 is 11.6 Å². The quantitative estimate of drug-likeness (QED) is 0.885. The molecule has 1 aliphatic heterocycles. The van der Waals surface area contributed by atoms with E-state index in [9.17, 15) is 8.42 Å². The molecule has 0 radical (unpaired) electrons. The molecule has 24 heavy (non-hydrogen) atoms. The van der Waals surface area contributed by atoms with E-state index in [1.54, 1.807) is 18.2 Å². The molecular formula is C18H21ClN2O2S. The van der Waals surface area contributed by atoms with E-state index in [-0.39, 0.29) is 16.0 Å². The van der Waals surface area contributed by atoms with Gasteiger partial charge in [0.2, 0.25) is 10.0 Å². The zero-order chi connectivity index (χ0) is 17.0. The van der Waals surface area contributed by atoms with Gasteiger partial charge in [0, 0.05) is 25.7 Å². The van der Waals surface area contributed by atoms with Crippen LogP contribution in [0.25, 0.3) is 0 Å². The summed E-state index contributed by atoms with van der Waals surface area (Å²) >= 11 is 6.01. The summed E-state index contributed by atoms with van der Waals surface area (Å²) < 4.78 is 27.8. The third-order valence-corrected chi connectivity index (χ3v) is 6.30. The number of hydrogen-bond donors (Lipinski definition) is 1. The Morgan fingerprint density at radius 3 is 2.29 bits per heavy atom. The number of piperidine rings is 1. The Kier molecular flexibility index (Phi) is 5.56. The molecule has 4 nitrogen and oxygen atoms in total. The molecule has 1 aliphatic rings. The van der Waals surface area contributed by atoms with Crippen molar-refractivity contribution in [2.75, 3.05) is 13.1 Å². The molecule has 1 saturated heterocycles. The van der Waals surface area contributed by atoms with E-state index in [2.05, 4.69) is 21.8 Å². The Hall–Kier alpha value is -1.40. The number of halogens is 1. The van der Waals surface area contributed by atoms with Crippen molar-refractivity contribution < 1.29 is 8.42 Å². The summed E-state index contributed by atoms with van der Waals surface area (Å²) in [5.41, 5.74) is 1.28. The van der Waals surface area contributed by atoms with Crippen molar-refractivity contribution >= 4 is 21.6 Å². The lowest BCUT2D eigenvalue weighted by atomic mass is 10.1. The van der Waals surface area contributed by atoms with Crippen LogP contribution < -0.4 is 4.72 Å². The first-order valence-corrected chi connectivity index (χ1v) is 9.94. The first-order chi connectivity index (χ1) is 11.5. The molecule has 0 aliphatic carbocycles. The van der Waals surface area contributed by atoms with Crippen LogP contribution in [0.15, 0.2) is 59.5 Å². The minimum atomic E-state index is -3.57. The highest BCUT2D eigenvalue weighted by Gasteiger charge is 2.25. The fourth-order valence-corrected chi connectivity index (χ4v) is 4.82. The van der Waals surface area contributed by atoms with Crippen LogP contribution in [0.5, 0.6) is 0 Å². The molecule has 128 valence electrons. The van der Waals surface area contributed by atoms with Crippen LogP contribution in [0.4, 0.5) is 0 Å². The third kappa shape index (κ3) is 4.36. The van der Waals surface area contributed by atoms with Crippen LogP contribution in [-0.2, 0) is 16.6 Å². The number of likely N-dealkylation sites (tertiary alicyclic amines) is 1. The highest BCUT2D eigenvalue weighted by atomic mass is 35.5. The molecule has 2 aromatic carbocycles. The molecule has 1 fully saturated rings. The van der Waals surface area contributed by atoms with Crippen molar-refractivity contribution in [2.24, 2.45) is 0 Å². The smallest absolute Gasteiger partial charge is 0.242 e. The van der Waals surface area contributed by atoms with Gasteiger partial charge >= 0.3 is 0 Å². The van der Waals surface area contributed by atoms with Gasteiger partial charge in [-0.15, -0.1) is 0 Å². The Morgan fingerprint density at radius 2 is 1.62 bits per heavy atom. The van der Waals surface area contributed by atoms with Gasteiger partial charge in [0.05, 0.1) is 5.02 Å². The van der Waals surface area contributed by atoms with Gasteiger partial charge < -0.3 is 0 Å². The summed E-state index contributed by atoms with van der Waals surface area (Å²) in [6.07, 6.45) is 1.60. The SMILES string of the molecule is O=S(=O)(NC1CCN(Cc2ccccc2)CC1)c1ccccc1Cl. The van der Waals surface area contributed by atoms with E-state index in [1.165, 1.54) is 11.6 Å². The minimum Gasteiger partial charge on any atom is -0.299 e. The highest BCUT2D eigenvalue weighted by Crippen LogP contribution is 2.22. The Balaban J connectivity index is 1.56. The summed E-state index contributed by atoms with van der Waals surface area (Å²) in [6, 6.07) is 16.8. The number of nitrogens with zero attached hydrogens (tertiary/aromatic N) is 1. The van der Waals surface area contributed by atoms with Gasteiger partial charge in [-0.3, -0.25) is 4.90 Å². The topological polar surface area (TPSA) is 49.4 Å². The zero-order valence-electron chi connectivity index (χ0n) is 13.4. The minimum absolute atomic E-state index is 0.0432. The molecule has 1 N–H and O–H groups in total. The van der Waals surface area contributed by atoms with Crippen molar-refractivity contribution in [2.45, 2.75) is 30.3 Å². The standard InChI is InChI=1S/C18H21ClN2O2S/c19-17-8-4-5-9-18(17)24(22,23)20-16-10-12-21(13-11-16)14-15-6-2-1-3-7-15/h1-9,16,20H,10-14H2. The average Bonchev–Trinajstić information content (AvgIpc) is 2.58. The van der Waals surface area contributed by atoms with Crippen molar-refractivity contribution in [3.8, 4) is 0 Å². The van der Waals surface area contributed by atoms with Crippen molar-refractivity contribution in [1.29, 1.82) is 0 Å². The van der Waals surface area contributed by atoms with E-state index in [4.69, 9.17) is 11.6 Å². The second-order valence-electron chi connectivity index (χ2n) is 6.09. The lowest BCUT2D eigenvalue weighted by Gasteiger charge is -2.32. The van der Waals surface area contributed by atoms with E-state index < -0.39 is 10.0 Å². The predicted octanol–water partition coefficient (Wildman–Crippen LogP) is 3.28. The molecule has 0 atom stereocenters. The average molecular weight is 365 g/mol. The van der Waals surface area contributed by atoms with Crippen LogP contribution in [0.1, 0.15) is 18.4 Å². The molecule has 0 aromatic heterocycles. The first kappa shape index (κ1) is 17.4. The van der Waals surface area contributed by atoms with E-state index in [0.717, 1.165) is 32.5 Å². The molecule has 0 saturated carbocycles. The second kappa shape index (κ2) is 7.66. The Bertz CT molecular complexity index is 773. The van der Waals surface area contributed by atoms with Crippen molar-refractivity contribution in [1.82, 2.24) is 9.62 Å². The Morgan fingerprint density at radius 1 is 1.00 bits per heavy atom. The molecule has 3 rings (SSSR count). The number of hydrogen-bond acceptors (Lipinski definition) is 3. The largest absolute Gasteiger partial charge is 0.299 e. The number of benzene rings is 2. The maximum Gasteiger partial charge on any atom is 0.242 e. The Labute approximate surface area is 148 Å². The summed E-state index contributed by atoms with van der Waals surface area (Å²) in [5.74, 6) is 0. The number of nitrogens with one attached hydrogen (secondary N) is 1. The van der Waals surface area contributed by atoms with E-state index >= 15 is 0 Å². The van der Waals surface area contributed by atoms with Gasteiger partial charge in [0.15, 0.2) is 0 Å². The van der Waals surface area contributed by atoms with Crippen LogP contribution in [0.2, 0.25) is 5.02 Å². The van der Waals surface area contributed by atoms with Crippen molar-refractivity contribution in [3.05, 3.63) is 65.2 Å². The molecule has 0 spiro atoms. The highest BCUT2D eigenvalue weighted by molar-refractivity contribution is 7.89. The molecular weight excluding hydrogens is 344 g/mol. The van der Waals surface area contributed by atoms with Crippen LogP contribution in [0.3, 0.4) is 0 Å². The summed E-state index contributed by atoms with van der Waals surface area (Å²) in [5, 5.41) is 0.256. The molecule has 2 aromatic rings. The predicted molar refractivity (Wildman–Crippen MR) is 96.5 cm³/mol.